The molecule has 0 saturated carbocycles. The van der Waals surface area contributed by atoms with E-state index in [1.165, 1.54) is 4.90 Å². The van der Waals surface area contributed by atoms with E-state index in [4.69, 9.17) is 9.47 Å². The third-order valence-electron chi connectivity index (χ3n) is 4.23. The molecular weight excluding hydrogens is 368 g/mol. The van der Waals surface area contributed by atoms with Gasteiger partial charge in [-0.1, -0.05) is 29.8 Å². The summed E-state index contributed by atoms with van der Waals surface area (Å²) in [6.07, 6.45) is -1.05. The summed E-state index contributed by atoms with van der Waals surface area (Å²) in [6.45, 7) is 2.22. The van der Waals surface area contributed by atoms with Crippen LogP contribution in [0.5, 0.6) is 5.75 Å². The molecular formula is C19H22N2O5S. The van der Waals surface area contributed by atoms with Crippen molar-refractivity contribution in [3.05, 3.63) is 59.7 Å². The summed E-state index contributed by atoms with van der Waals surface area (Å²) in [5.74, 6) is 0.573. The summed E-state index contributed by atoms with van der Waals surface area (Å²) in [7, 11) is -1.96. The van der Waals surface area contributed by atoms with Crippen LogP contribution in [-0.4, -0.2) is 40.8 Å². The van der Waals surface area contributed by atoms with E-state index in [2.05, 4.69) is 4.72 Å². The highest BCUT2D eigenvalue weighted by Crippen LogP contribution is 2.24. The molecule has 0 aromatic heterocycles. The van der Waals surface area contributed by atoms with E-state index in [-0.39, 0.29) is 18.8 Å². The SMILES string of the molecule is COc1ccc(N2CC(CNS(=O)(=O)Cc3cccc(C)c3)OC2=O)cc1. The van der Waals surface area contributed by atoms with Crippen LogP contribution >= 0.6 is 0 Å². The molecule has 27 heavy (non-hydrogen) atoms. The summed E-state index contributed by atoms with van der Waals surface area (Å²) in [5, 5.41) is 0. The van der Waals surface area contributed by atoms with E-state index in [9.17, 15) is 13.2 Å². The van der Waals surface area contributed by atoms with Gasteiger partial charge >= 0.3 is 6.09 Å². The maximum absolute atomic E-state index is 12.3. The van der Waals surface area contributed by atoms with Gasteiger partial charge < -0.3 is 9.47 Å². The van der Waals surface area contributed by atoms with Gasteiger partial charge in [-0.05, 0) is 36.8 Å². The number of hydrogen-bond acceptors (Lipinski definition) is 5. The predicted molar refractivity (Wildman–Crippen MR) is 102 cm³/mol. The van der Waals surface area contributed by atoms with Crippen LogP contribution in [0.3, 0.4) is 0 Å². The number of carbonyl (C=O) groups excluding carboxylic acids is 1. The van der Waals surface area contributed by atoms with Crippen LogP contribution in [0.4, 0.5) is 10.5 Å². The van der Waals surface area contributed by atoms with E-state index in [1.807, 2.05) is 25.1 Å². The number of methoxy groups -OCH3 is 1. The van der Waals surface area contributed by atoms with Gasteiger partial charge in [-0.2, -0.15) is 0 Å². The second-order valence-corrected chi connectivity index (χ2v) is 8.22. The molecule has 2 aromatic carbocycles. The molecule has 0 spiro atoms. The van der Waals surface area contributed by atoms with Crippen molar-refractivity contribution in [2.24, 2.45) is 0 Å². The first-order valence-corrected chi connectivity index (χ1v) is 10.2. The third kappa shape index (κ3) is 4.99. The second kappa shape index (κ2) is 7.98. The molecule has 1 saturated heterocycles. The van der Waals surface area contributed by atoms with Gasteiger partial charge in [0.1, 0.15) is 11.9 Å². The largest absolute Gasteiger partial charge is 0.497 e. The number of sulfonamides is 1. The lowest BCUT2D eigenvalue weighted by atomic mass is 10.2. The normalized spacial score (nSPS) is 17.0. The maximum atomic E-state index is 12.3. The number of amides is 1. The Bertz CT molecular complexity index is 912. The average Bonchev–Trinajstić information content (AvgIpc) is 3.01. The molecule has 1 heterocycles. The monoisotopic (exact) mass is 390 g/mol. The fourth-order valence-corrected chi connectivity index (χ4v) is 4.05. The topological polar surface area (TPSA) is 84.9 Å². The number of benzene rings is 2. The van der Waals surface area contributed by atoms with Crippen molar-refractivity contribution >= 4 is 21.8 Å². The lowest BCUT2D eigenvalue weighted by molar-refractivity contribution is 0.143. The Balaban J connectivity index is 1.57. The molecule has 3 rings (SSSR count). The number of nitrogens with one attached hydrogen (secondary N) is 1. The molecule has 0 radical (unpaired) electrons. The Kier molecular flexibility index (Phi) is 5.67. The molecule has 1 aliphatic heterocycles. The zero-order valence-electron chi connectivity index (χ0n) is 15.2. The summed E-state index contributed by atoms with van der Waals surface area (Å²) in [4.78, 5) is 13.6. The zero-order chi connectivity index (χ0) is 19.4. The Labute approximate surface area is 158 Å². The molecule has 7 nitrogen and oxygen atoms in total. The highest BCUT2D eigenvalue weighted by atomic mass is 32.2. The quantitative estimate of drug-likeness (QED) is 0.785. The van der Waals surface area contributed by atoms with Gasteiger partial charge in [0.05, 0.1) is 19.4 Å². The Morgan fingerprint density at radius 3 is 2.63 bits per heavy atom. The number of carbonyl (C=O) groups is 1. The van der Waals surface area contributed by atoms with Crippen LogP contribution in [0.25, 0.3) is 0 Å². The Hall–Kier alpha value is -2.58. The zero-order valence-corrected chi connectivity index (χ0v) is 16.0. The fraction of sp³-hybridized carbons (Fsp3) is 0.316. The molecule has 1 amide bonds. The van der Waals surface area contributed by atoms with Gasteiger partial charge in [0.25, 0.3) is 0 Å². The van der Waals surface area contributed by atoms with Crippen molar-refractivity contribution in [2.45, 2.75) is 18.8 Å². The van der Waals surface area contributed by atoms with Crippen molar-refractivity contribution in [3.63, 3.8) is 0 Å². The maximum Gasteiger partial charge on any atom is 0.414 e. The Morgan fingerprint density at radius 1 is 1.22 bits per heavy atom. The van der Waals surface area contributed by atoms with Crippen LogP contribution in [0, 0.1) is 6.92 Å². The molecule has 1 atom stereocenters. The van der Waals surface area contributed by atoms with E-state index in [0.29, 0.717) is 17.0 Å². The lowest BCUT2D eigenvalue weighted by Gasteiger charge is -2.13. The van der Waals surface area contributed by atoms with Crippen LogP contribution in [0.1, 0.15) is 11.1 Å². The molecule has 1 fully saturated rings. The first-order chi connectivity index (χ1) is 12.9. The predicted octanol–water partition coefficient (Wildman–Crippen LogP) is 2.45. The molecule has 144 valence electrons. The summed E-state index contributed by atoms with van der Waals surface area (Å²) in [5.41, 5.74) is 2.39. The van der Waals surface area contributed by atoms with E-state index >= 15 is 0 Å². The highest BCUT2D eigenvalue weighted by Gasteiger charge is 2.33. The number of anilines is 1. The van der Waals surface area contributed by atoms with Crippen molar-refractivity contribution in [1.29, 1.82) is 0 Å². The average molecular weight is 390 g/mol. The first-order valence-electron chi connectivity index (χ1n) is 8.51. The molecule has 1 unspecified atom stereocenters. The van der Waals surface area contributed by atoms with Crippen molar-refractivity contribution in [1.82, 2.24) is 4.72 Å². The fourth-order valence-electron chi connectivity index (χ4n) is 2.89. The van der Waals surface area contributed by atoms with Gasteiger partial charge in [0.15, 0.2) is 0 Å². The van der Waals surface area contributed by atoms with Crippen LogP contribution in [0.15, 0.2) is 48.5 Å². The van der Waals surface area contributed by atoms with Gasteiger partial charge in [0, 0.05) is 12.2 Å². The number of aryl methyl sites for hydroxylation is 1. The lowest BCUT2D eigenvalue weighted by Crippen LogP contribution is -2.35. The number of rotatable bonds is 7. The van der Waals surface area contributed by atoms with Crippen molar-refractivity contribution in [3.8, 4) is 5.75 Å². The van der Waals surface area contributed by atoms with Gasteiger partial charge in [-0.3, -0.25) is 4.90 Å². The highest BCUT2D eigenvalue weighted by molar-refractivity contribution is 7.88. The minimum atomic E-state index is -3.52. The van der Waals surface area contributed by atoms with Gasteiger partial charge in [0.2, 0.25) is 10.0 Å². The molecule has 0 bridgehead atoms. The molecule has 1 aliphatic rings. The third-order valence-corrected chi connectivity index (χ3v) is 5.55. The standard InChI is InChI=1S/C19H22N2O5S/c1-14-4-3-5-15(10-14)13-27(23,24)20-11-18-12-21(19(22)26-18)16-6-8-17(25-2)9-7-16/h3-10,18,20H,11-13H2,1-2H3. The summed E-state index contributed by atoms with van der Waals surface area (Å²) in [6, 6.07) is 14.4. The van der Waals surface area contributed by atoms with E-state index in [0.717, 1.165) is 5.56 Å². The number of hydrogen-bond donors (Lipinski definition) is 1. The van der Waals surface area contributed by atoms with Crippen molar-refractivity contribution in [2.75, 3.05) is 25.1 Å². The van der Waals surface area contributed by atoms with Crippen LogP contribution in [-0.2, 0) is 20.5 Å². The summed E-state index contributed by atoms with van der Waals surface area (Å²) >= 11 is 0. The minimum absolute atomic E-state index is 0.0343. The molecule has 8 heteroatoms. The molecule has 2 aromatic rings. The molecule has 0 aliphatic carbocycles. The number of ether oxygens (including phenoxy) is 2. The first kappa shape index (κ1) is 19.2. The van der Waals surface area contributed by atoms with E-state index < -0.39 is 22.2 Å². The number of nitrogens with zero attached hydrogens (tertiary/aromatic N) is 1. The van der Waals surface area contributed by atoms with Crippen LogP contribution in [0.2, 0.25) is 0 Å². The number of cyclic esters (lactones) is 1. The second-order valence-electron chi connectivity index (χ2n) is 6.41. The van der Waals surface area contributed by atoms with Gasteiger partial charge in [-0.15, -0.1) is 0 Å². The van der Waals surface area contributed by atoms with Gasteiger partial charge in [-0.25, -0.2) is 17.9 Å². The molecule has 1 N–H and O–H groups in total. The van der Waals surface area contributed by atoms with Crippen LogP contribution < -0.4 is 14.4 Å². The van der Waals surface area contributed by atoms with Crippen molar-refractivity contribution < 1.29 is 22.7 Å². The summed E-state index contributed by atoms with van der Waals surface area (Å²) < 4.78 is 37.5. The Morgan fingerprint density at radius 2 is 1.96 bits per heavy atom. The smallest absolute Gasteiger partial charge is 0.414 e. The van der Waals surface area contributed by atoms with E-state index in [1.54, 1.807) is 37.4 Å². The minimum Gasteiger partial charge on any atom is -0.497 e.